The Bertz CT molecular complexity index is 2530. The summed E-state index contributed by atoms with van der Waals surface area (Å²) in [5.41, 5.74) is 1.33. The van der Waals surface area contributed by atoms with E-state index in [0.29, 0.717) is 17.6 Å². The molecule has 0 aliphatic carbocycles. The van der Waals surface area contributed by atoms with E-state index < -0.39 is 117 Å². The highest BCUT2D eigenvalue weighted by molar-refractivity contribution is 6.64. The maximum atomic E-state index is 14.3. The van der Waals surface area contributed by atoms with Gasteiger partial charge in [0.15, 0.2) is 6.10 Å². The van der Waals surface area contributed by atoms with E-state index in [1.165, 1.54) is 69.9 Å². The van der Waals surface area contributed by atoms with Gasteiger partial charge in [0, 0.05) is 64.2 Å². The summed E-state index contributed by atoms with van der Waals surface area (Å²) in [6.45, 7) is 21.4. The minimum atomic E-state index is -2.73. The Morgan fingerprint density at radius 2 is 1.41 bits per heavy atom. The zero-order valence-corrected chi connectivity index (χ0v) is 53.4. The first-order valence-electron chi connectivity index (χ1n) is 29.1. The van der Waals surface area contributed by atoms with Gasteiger partial charge in [-0.1, -0.05) is 83.5 Å². The number of carbonyl (C=O) groups excluding carboxylic acids is 10. The van der Waals surface area contributed by atoms with Gasteiger partial charge in [-0.2, -0.15) is 0 Å². The van der Waals surface area contributed by atoms with Crippen LogP contribution < -0.4 is 16.0 Å². The third kappa shape index (κ3) is 23.9. The summed E-state index contributed by atoms with van der Waals surface area (Å²) >= 11 is 0. The number of amides is 8. The maximum absolute atomic E-state index is 14.3. The van der Waals surface area contributed by atoms with Crippen LogP contribution in [-0.2, 0) is 82.1 Å². The summed E-state index contributed by atoms with van der Waals surface area (Å²) < 4.78 is 41.4. The molecule has 24 nitrogen and oxygen atoms in total. The maximum Gasteiger partial charge on any atom is 0.409 e. The molecule has 2 aliphatic heterocycles. The van der Waals surface area contributed by atoms with Crippen molar-refractivity contribution in [2.75, 3.05) is 80.4 Å². The molecule has 1 aromatic carbocycles. The van der Waals surface area contributed by atoms with E-state index in [-0.39, 0.29) is 95.3 Å². The molecular weight excluding hydrogens is 1120 g/mol. The molecular formula is C60H93N7O17Si. The van der Waals surface area contributed by atoms with Crippen molar-refractivity contribution in [1.82, 2.24) is 35.6 Å². The molecule has 0 bridgehead atoms. The Morgan fingerprint density at radius 3 is 2.02 bits per heavy atom. The Labute approximate surface area is 502 Å². The molecule has 1 unspecified atom stereocenters. The van der Waals surface area contributed by atoms with Crippen molar-refractivity contribution in [2.24, 2.45) is 17.8 Å². The number of cyclic esters (lactones) is 2. The molecule has 3 N–H and O–H groups in total. The van der Waals surface area contributed by atoms with E-state index in [2.05, 4.69) is 16.0 Å². The predicted octanol–water partition coefficient (Wildman–Crippen LogP) is 4.01. The third-order valence-electron chi connectivity index (χ3n) is 14.6. The van der Waals surface area contributed by atoms with Crippen molar-refractivity contribution >= 4 is 67.9 Å². The highest BCUT2D eigenvalue weighted by Crippen LogP contribution is 2.27. The Morgan fingerprint density at radius 1 is 0.812 bits per heavy atom. The van der Waals surface area contributed by atoms with E-state index in [4.69, 9.17) is 32.5 Å². The number of hydrogen-bond acceptors (Lipinski definition) is 17. The number of rotatable bonds is 22. The number of imide groups is 1. The van der Waals surface area contributed by atoms with Crippen molar-refractivity contribution in [1.29, 1.82) is 0 Å². The van der Waals surface area contributed by atoms with Crippen molar-refractivity contribution < 1.29 is 80.5 Å². The second kappa shape index (κ2) is 35.6. The Balaban J connectivity index is 1.90. The molecule has 0 saturated heterocycles. The molecule has 2 heterocycles. The van der Waals surface area contributed by atoms with Crippen molar-refractivity contribution in [3.63, 3.8) is 0 Å². The lowest BCUT2D eigenvalue weighted by atomic mass is 9.90. The number of carbonyl (C=O) groups is 10. The van der Waals surface area contributed by atoms with E-state index in [1.54, 1.807) is 64.1 Å². The molecule has 1 aromatic rings. The van der Waals surface area contributed by atoms with Gasteiger partial charge in [0.05, 0.1) is 52.7 Å². The SMILES string of the molecule is C/C=C(\C)[C@H]1OC(=O)[C@@H](C)NC(=O)[C@H](C(C)CC)NC(=O)CN(C)C(=O)[C@@H](Cc2ccccc2)N(C)C(=O)[C@H](C)NC(=O)[C@@H](CC(C)C)OC(=O)/C(C)=C/C[C@H](OC(=O)N(C)CCO[Si](C)(C)OCCOCCOCCN2C(=O)C=CC2=O)[C@@H]1C. The van der Waals surface area contributed by atoms with Crippen LogP contribution in [0.3, 0.4) is 0 Å². The molecule has 8 amide bonds. The average molecular weight is 1210 g/mol. The largest absolute Gasteiger partial charge is 0.456 e. The van der Waals surface area contributed by atoms with Gasteiger partial charge in [-0.3, -0.25) is 38.5 Å². The number of likely N-dealkylation sites (N-methyl/N-ethyl adjacent to an activating group) is 3. The number of nitrogens with one attached hydrogen (secondary N) is 3. The van der Waals surface area contributed by atoms with Crippen LogP contribution in [-0.4, -0.2) is 210 Å². The lowest BCUT2D eigenvalue weighted by Crippen LogP contribution is -2.57. The van der Waals surface area contributed by atoms with Gasteiger partial charge in [0.25, 0.3) is 17.7 Å². The number of hydrogen-bond donors (Lipinski definition) is 3. The lowest BCUT2D eigenvalue weighted by Gasteiger charge is -2.33. The first-order chi connectivity index (χ1) is 40.0. The number of nitrogens with zero attached hydrogens (tertiary/aromatic N) is 4. The molecule has 0 fully saturated rings. The fourth-order valence-corrected chi connectivity index (χ4v) is 10.2. The van der Waals surface area contributed by atoms with Crippen LogP contribution in [0.1, 0.15) is 94.1 Å². The second-order valence-corrected chi connectivity index (χ2v) is 25.8. The molecule has 0 aromatic heterocycles. The number of allylic oxidation sites excluding steroid dienone is 1. The fourth-order valence-electron chi connectivity index (χ4n) is 8.95. The van der Waals surface area contributed by atoms with Crippen LogP contribution >= 0.6 is 0 Å². The minimum absolute atomic E-state index is 0.0460. The fraction of sp³-hybridized carbons (Fsp3) is 0.633. The van der Waals surface area contributed by atoms with Crippen molar-refractivity contribution in [3.8, 4) is 0 Å². The van der Waals surface area contributed by atoms with E-state index in [0.717, 1.165) is 9.80 Å². The van der Waals surface area contributed by atoms with Gasteiger partial charge in [-0.15, -0.1) is 0 Å². The molecule has 3 rings (SSSR count). The molecule has 85 heavy (non-hydrogen) atoms. The summed E-state index contributed by atoms with van der Waals surface area (Å²) in [7, 11) is 1.61. The monoisotopic (exact) mass is 1210 g/mol. The molecule has 9 atom stereocenters. The molecule has 0 radical (unpaired) electrons. The van der Waals surface area contributed by atoms with Gasteiger partial charge in [-0.05, 0) is 77.1 Å². The zero-order chi connectivity index (χ0) is 63.7. The van der Waals surface area contributed by atoms with Gasteiger partial charge < -0.3 is 63.2 Å². The number of benzene rings is 1. The Hall–Kier alpha value is -6.80. The molecule has 2 aliphatic rings. The highest BCUT2D eigenvalue weighted by atomic mass is 28.4. The van der Waals surface area contributed by atoms with Crippen LogP contribution in [0.2, 0.25) is 13.1 Å². The van der Waals surface area contributed by atoms with E-state index >= 15 is 0 Å². The van der Waals surface area contributed by atoms with E-state index in [9.17, 15) is 47.9 Å². The molecule has 474 valence electrons. The summed E-state index contributed by atoms with van der Waals surface area (Å²) in [6.07, 6.45) is 1.85. The third-order valence-corrected chi connectivity index (χ3v) is 16.4. The summed E-state index contributed by atoms with van der Waals surface area (Å²) in [4.78, 5) is 141. The normalized spacial score (nSPS) is 24.6. The van der Waals surface area contributed by atoms with Gasteiger partial charge in [0.2, 0.25) is 23.6 Å². The van der Waals surface area contributed by atoms with Crippen LogP contribution in [0.15, 0.2) is 65.8 Å². The second-order valence-electron chi connectivity index (χ2n) is 22.5. The first-order valence-corrected chi connectivity index (χ1v) is 31.9. The zero-order valence-electron chi connectivity index (χ0n) is 52.4. The van der Waals surface area contributed by atoms with Gasteiger partial charge >= 0.3 is 26.6 Å². The van der Waals surface area contributed by atoms with Crippen molar-refractivity contribution in [3.05, 3.63) is 71.3 Å². The van der Waals surface area contributed by atoms with E-state index in [1.807, 2.05) is 33.9 Å². The summed E-state index contributed by atoms with van der Waals surface area (Å²) in [6, 6.07) is 4.17. The quantitative estimate of drug-likeness (QED) is 0.0369. The smallest absolute Gasteiger partial charge is 0.409 e. The molecule has 0 saturated carbocycles. The topological polar surface area (TPSA) is 284 Å². The van der Waals surface area contributed by atoms with Gasteiger partial charge in [-0.25, -0.2) is 14.4 Å². The average Bonchev–Trinajstić information content (AvgIpc) is 3.80. The lowest BCUT2D eigenvalue weighted by molar-refractivity contribution is -0.155. The van der Waals surface area contributed by atoms with Gasteiger partial charge in [0.1, 0.15) is 36.4 Å². The first kappa shape index (κ1) is 72.5. The highest BCUT2D eigenvalue weighted by Gasteiger charge is 2.38. The Kier molecular flexibility index (Phi) is 30.4. The minimum Gasteiger partial charge on any atom is -0.456 e. The summed E-state index contributed by atoms with van der Waals surface area (Å²) in [5, 5.41) is 8.11. The summed E-state index contributed by atoms with van der Waals surface area (Å²) in [5.74, 6) is -7.23. The predicted molar refractivity (Wildman–Crippen MR) is 317 cm³/mol. The van der Waals surface area contributed by atoms with Crippen LogP contribution in [0, 0.1) is 17.8 Å². The standard InChI is InChI=1S/C60H93N7O17Si/c1-16-39(5)52-55(72)62-44(10)59(76)84-53(40(6)17-2)42(8)47(83-60(77)64(11)27-30-80-85(14,15)81-34-33-79-32-31-78-29-28-67-50(69)25-26-51(67)70)24-23-41(7)58(75)82-48(35-38(3)4)54(71)61-43(9)56(73)66(13)46(36-45-21-19-18-20-22-45)57(74)65(12)37-49(68)63-52/h17-23,25-26,38-39,42-44,46-48,52-53H,16,24,27-37H2,1-15H3,(H,61,71)(H,62,72)(H,63,68)/b40-17+,41-23+/t39?,42-,43-,44+,46+,47-,48+,52-,53+/m0/s1. The van der Waals surface area contributed by atoms with Crippen LogP contribution in [0.4, 0.5) is 4.79 Å². The number of esters is 2. The number of ether oxygens (including phenoxy) is 5. The van der Waals surface area contributed by atoms with Crippen molar-refractivity contribution in [2.45, 2.75) is 150 Å². The molecule has 0 spiro atoms. The molecule has 25 heteroatoms. The van der Waals surface area contributed by atoms with Crippen LogP contribution in [0.5, 0.6) is 0 Å². The van der Waals surface area contributed by atoms with Crippen LogP contribution in [0.25, 0.3) is 0 Å².